The monoisotopic (exact) mass is 451 g/mol. The minimum atomic E-state index is -1.35. The van der Waals surface area contributed by atoms with Crippen molar-refractivity contribution in [2.75, 3.05) is 13.2 Å². The van der Waals surface area contributed by atoms with Gasteiger partial charge in [-0.2, -0.15) is 5.10 Å². The molecule has 0 aliphatic heterocycles. The summed E-state index contributed by atoms with van der Waals surface area (Å²) in [5.41, 5.74) is 4.67. The van der Waals surface area contributed by atoms with Gasteiger partial charge in [0.2, 0.25) is 0 Å². The Balaban J connectivity index is 1.31. The van der Waals surface area contributed by atoms with E-state index in [9.17, 15) is 19.8 Å². The van der Waals surface area contributed by atoms with Gasteiger partial charge in [-0.25, -0.2) is 9.59 Å². The molecule has 1 aromatic heterocycles. The molecule has 0 radical (unpaired) electrons. The third-order valence-electron chi connectivity index (χ3n) is 5.88. The molecule has 1 amide bonds. The maximum absolute atomic E-state index is 12.2. The number of carboxylic acid groups (broad SMARTS) is 1. The molecule has 0 bridgehead atoms. The van der Waals surface area contributed by atoms with Crippen molar-refractivity contribution in [1.82, 2.24) is 15.1 Å². The Kier molecular flexibility index (Phi) is 6.43. The number of carbonyl (C=O) groups excluding carboxylic acids is 1. The van der Waals surface area contributed by atoms with Gasteiger partial charge in [0, 0.05) is 24.2 Å². The van der Waals surface area contributed by atoms with Crippen molar-refractivity contribution in [3.63, 3.8) is 0 Å². The van der Waals surface area contributed by atoms with Crippen LogP contribution < -0.4 is 5.32 Å². The number of aromatic nitrogens is 2. The van der Waals surface area contributed by atoms with Crippen molar-refractivity contribution >= 4 is 12.1 Å². The van der Waals surface area contributed by atoms with Crippen molar-refractivity contribution in [1.29, 1.82) is 0 Å². The fraction of sp³-hybridized carbons (Fsp3) is 0.292. The third-order valence-corrected chi connectivity index (χ3v) is 5.88. The summed E-state index contributed by atoms with van der Waals surface area (Å²) in [5, 5.41) is 36.0. The smallest absolute Gasteiger partial charge is 0.407 e. The summed E-state index contributed by atoms with van der Waals surface area (Å²) >= 11 is 0. The number of fused-ring (bicyclic) bond motifs is 3. The molecule has 0 fully saturated rings. The van der Waals surface area contributed by atoms with Gasteiger partial charge in [-0.1, -0.05) is 48.5 Å². The highest BCUT2D eigenvalue weighted by atomic mass is 16.5. The molecule has 33 heavy (non-hydrogen) atoms. The summed E-state index contributed by atoms with van der Waals surface area (Å²) in [5.74, 6) is -1.16. The highest BCUT2D eigenvalue weighted by Crippen LogP contribution is 2.44. The Labute approximate surface area is 190 Å². The number of nitrogens with zero attached hydrogens (tertiary/aromatic N) is 2. The van der Waals surface area contributed by atoms with Crippen LogP contribution in [-0.2, 0) is 9.53 Å². The van der Waals surface area contributed by atoms with Crippen LogP contribution in [0.15, 0.2) is 60.9 Å². The van der Waals surface area contributed by atoms with Gasteiger partial charge in [-0.05, 0) is 29.2 Å². The fourth-order valence-electron chi connectivity index (χ4n) is 4.00. The molecule has 2 aromatic carbocycles. The number of alkyl carbamates (subject to hydrolysis) is 1. The van der Waals surface area contributed by atoms with Crippen LogP contribution in [0.5, 0.6) is 0 Å². The molecule has 1 heterocycles. The topological polar surface area (TPSA) is 134 Å². The van der Waals surface area contributed by atoms with Crippen molar-refractivity contribution in [3.8, 4) is 11.1 Å². The largest absolute Gasteiger partial charge is 0.480 e. The van der Waals surface area contributed by atoms with Crippen LogP contribution in [0.4, 0.5) is 4.79 Å². The Bertz CT molecular complexity index is 1110. The number of carbonyl (C=O) groups is 2. The molecular formula is C24H25N3O6. The maximum atomic E-state index is 12.2. The highest BCUT2D eigenvalue weighted by molar-refractivity contribution is 5.79. The first-order valence-corrected chi connectivity index (χ1v) is 10.6. The van der Waals surface area contributed by atoms with Gasteiger partial charge in [0.1, 0.15) is 24.9 Å². The summed E-state index contributed by atoms with van der Waals surface area (Å²) in [6.07, 6.45) is -0.768. The SMILES string of the molecule is C[C@@H](C(=O)O)n1cc(C(O)C(O)CNC(=O)OCC2c3ccccc3-c3ccccc32)cn1. The number of ether oxygens (including phenoxy) is 1. The molecule has 9 heteroatoms. The van der Waals surface area contributed by atoms with Gasteiger partial charge in [0.15, 0.2) is 0 Å². The van der Waals surface area contributed by atoms with Crippen LogP contribution in [0.25, 0.3) is 11.1 Å². The second-order valence-corrected chi connectivity index (χ2v) is 7.99. The molecule has 9 nitrogen and oxygen atoms in total. The van der Waals surface area contributed by atoms with Crippen LogP contribution in [0.1, 0.15) is 41.7 Å². The Morgan fingerprint density at radius 3 is 2.30 bits per heavy atom. The number of nitrogens with one attached hydrogen (secondary N) is 1. The molecule has 0 saturated carbocycles. The molecule has 3 aromatic rings. The minimum absolute atomic E-state index is 0.0827. The van der Waals surface area contributed by atoms with Gasteiger partial charge in [-0.3, -0.25) is 4.68 Å². The number of hydrogen-bond donors (Lipinski definition) is 4. The summed E-state index contributed by atoms with van der Waals surface area (Å²) in [4.78, 5) is 23.3. The van der Waals surface area contributed by atoms with E-state index in [1.165, 1.54) is 24.0 Å². The summed E-state index contributed by atoms with van der Waals surface area (Å²) in [6.45, 7) is 1.33. The molecule has 4 rings (SSSR count). The predicted molar refractivity (Wildman–Crippen MR) is 119 cm³/mol. The van der Waals surface area contributed by atoms with E-state index in [1.807, 2.05) is 48.5 Å². The first kappa shape index (κ1) is 22.5. The number of carboxylic acids is 1. The second-order valence-electron chi connectivity index (χ2n) is 7.99. The average Bonchev–Trinajstić information content (AvgIpc) is 3.43. The summed E-state index contributed by atoms with van der Waals surface area (Å²) < 4.78 is 6.59. The van der Waals surface area contributed by atoms with E-state index < -0.39 is 30.3 Å². The predicted octanol–water partition coefficient (Wildman–Crippen LogP) is 2.46. The quantitative estimate of drug-likeness (QED) is 0.413. The number of hydrogen-bond acceptors (Lipinski definition) is 6. The number of aliphatic hydroxyl groups is 2. The van der Waals surface area contributed by atoms with Crippen molar-refractivity contribution in [2.24, 2.45) is 0 Å². The van der Waals surface area contributed by atoms with Crippen LogP contribution in [0.2, 0.25) is 0 Å². The second kappa shape index (κ2) is 9.43. The van der Waals surface area contributed by atoms with Crippen LogP contribution in [0.3, 0.4) is 0 Å². The highest BCUT2D eigenvalue weighted by Gasteiger charge is 2.29. The zero-order valence-electron chi connectivity index (χ0n) is 18.0. The first-order valence-electron chi connectivity index (χ1n) is 10.6. The van der Waals surface area contributed by atoms with Crippen molar-refractivity contribution < 1.29 is 29.6 Å². The molecule has 172 valence electrons. The molecule has 0 spiro atoms. The molecule has 3 atom stereocenters. The number of amides is 1. The third kappa shape index (κ3) is 4.59. The average molecular weight is 451 g/mol. The lowest BCUT2D eigenvalue weighted by Crippen LogP contribution is -2.36. The van der Waals surface area contributed by atoms with Crippen molar-refractivity contribution in [2.45, 2.75) is 31.1 Å². The van der Waals surface area contributed by atoms with Gasteiger partial charge in [-0.15, -0.1) is 0 Å². The summed E-state index contributed by atoms with van der Waals surface area (Å²) in [7, 11) is 0. The van der Waals surface area contributed by atoms with E-state index in [-0.39, 0.29) is 24.6 Å². The number of benzene rings is 2. The lowest BCUT2D eigenvalue weighted by atomic mass is 9.98. The zero-order valence-corrected chi connectivity index (χ0v) is 18.0. The van der Waals surface area contributed by atoms with E-state index in [1.54, 1.807) is 0 Å². The lowest BCUT2D eigenvalue weighted by molar-refractivity contribution is -0.140. The summed E-state index contributed by atoms with van der Waals surface area (Å²) in [6, 6.07) is 15.1. The minimum Gasteiger partial charge on any atom is -0.480 e. The van der Waals surface area contributed by atoms with E-state index in [0.29, 0.717) is 0 Å². The molecule has 1 aliphatic carbocycles. The van der Waals surface area contributed by atoms with Gasteiger partial charge < -0.3 is 25.4 Å². The fourth-order valence-corrected chi connectivity index (χ4v) is 4.00. The Morgan fingerprint density at radius 1 is 1.09 bits per heavy atom. The van der Waals surface area contributed by atoms with E-state index >= 15 is 0 Å². The Morgan fingerprint density at radius 2 is 1.70 bits per heavy atom. The Hall–Kier alpha value is -3.69. The van der Waals surface area contributed by atoms with Gasteiger partial charge in [0.05, 0.1) is 6.20 Å². The van der Waals surface area contributed by atoms with E-state index in [2.05, 4.69) is 10.4 Å². The van der Waals surface area contributed by atoms with E-state index in [4.69, 9.17) is 9.84 Å². The number of rotatable bonds is 8. The molecule has 0 saturated heterocycles. The van der Waals surface area contributed by atoms with Crippen LogP contribution in [0, 0.1) is 0 Å². The maximum Gasteiger partial charge on any atom is 0.407 e. The number of aliphatic hydroxyl groups excluding tert-OH is 2. The van der Waals surface area contributed by atoms with Crippen molar-refractivity contribution in [3.05, 3.63) is 77.6 Å². The van der Waals surface area contributed by atoms with Crippen LogP contribution in [-0.4, -0.2) is 56.4 Å². The van der Waals surface area contributed by atoms with Crippen LogP contribution >= 0.6 is 0 Å². The molecule has 2 unspecified atom stereocenters. The van der Waals surface area contributed by atoms with Gasteiger partial charge >= 0.3 is 12.1 Å². The molecule has 1 aliphatic rings. The molecular weight excluding hydrogens is 426 g/mol. The number of aliphatic carboxylic acids is 1. The van der Waals surface area contributed by atoms with E-state index in [0.717, 1.165) is 22.3 Å². The normalized spacial score (nSPS) is 15.2. The molecule has 4 N–H and O–H groups in total. The standard InChI is InChI=1S/C24H25N3O6/c1-14(23(30)31)27-12-15(10-26-27)22(29)21(28)11-25-24(32)33-13-20-18-8-4-2-6-16(18)17-7-3-5-9-19(17)20/h2-10,12,14,20-22,28-29H,11,13H2,1H3,(H,25,32)(H,30,31)/t14-,21?,22?/m0/s1. The van der Waals surface area contributed by atoms with Gasteiger partial charge in [0.25, 0.3) is 0 Å². The zero-order chi connectivity index (χ0) is 23.5. The first-order chi connectivity index (χ1) is 15.9. The lowest BCUT2D eigenvalue weighted by Gasteiger charge is -2.18.